The highest BCUT2D eigenvalue weighted by molar-refractivity contribution is 5.79. The Bertz CT molecular complexity index is 924. The number of hydrogen-bond donors (Lipinski definition) is 1. The van der Waals surface area contributed by atoms with E-state index in [1.165, 1.54) is 24.4 Å². The van der Waals surface area contributed by atoms with Crippen LogP contribution in [0.2, 0.25) is 0 Å². The van der Waals surface area contributed by atoms with Crippen LogP contribution in [0.1, 0.15) is 31.1 Å². The molecule has 1 aliphatic rings. The molecule has 0 radical (unpaired) electrons. The number of carbonyl (C=O) groups excluding carboxylic acids is 1. The van der Waals surface area contributed by atoms with Crippen molar-refractivity contribution < 1.29 is 31.8 Å². The van der Waals surface area contributed by atoms with Crippen molar-refractivity contribution in [2.75, 3.05) is 31.3 Å². The van der Waals surface area contributed by atoms with Gasteiger partial charge in [-0.25, -0.2) is 9.37 Å². The third kappa shape index (κ3) is 6.52. The molecule has 11 heteroatoms. The van der Waals surface area contributed by atoms with Crippen LogP contribution in [0.15, 0.2) is 30.6 Å². The summed E-state index contributed by atoms with van der Waals surface area (Å²) in [5.74, 6) is -0.671. The van der Waals surface area contributed by atoms with Gasteiger partial charge < -0.3 is 19.7 Å². The lowest BCUT2D eigenvalue weighted by molar-refractivity contribution is -0.153. The molecule has 174 valence electrons. The highest BCUT2D eigenvalue weighted by atomic mass is 19.4. The van der Waals surface area contributed by atoms with E-state index in [0.29, 0.717) is 31.0 Å². The van der Waals surface area contributed by atoms with Crippen molar-refractivity contribution >= 4 is 11.7 Å². The van der Waals surface area contributed by atoms with E-state index in [1.54, 1.807) is 6.92 Å². The molecule has 0 aromatic carbocycles. The van der Waals surface area contributed by atoms with Crippen molar-refractivity contribution in [3.05, 3.63) is 47.7 Å². The molecule has 0 bridgehead atoms. The van der Waals surface area contributed by atoms with E-state index in [0.717, 1.165) is 6.20 Å². The molecule has 1 N–H and O–H groups in total. The number of morpholine rings is 1. The number of amides is 1. The maximum absolute atomic E-state index is 14.6. The summed E-state index contributed by atoms with van der Waals surface area (Å²) in [6.45, 7) is 3.72. The molecule has 3 heterocycles. The molecule has 2 aromatic rings. The van der Waals surface area contributed by atoms with Crippen LogP contribution in [0.25, 0.3) is 0 Å². The molecule has 32 heavy (non-hydrogen) atoms. The van der Waals surface area contributed by atoms with Gasteiger partial charge in [0.1, 0.15) is 5.75 Å². The van der Waals surface area contributed by atoms with Crippen LogP contribution in [0.5, 0.6) is 5.75 Å². The van der Waals surface area contributed by atoms with Crippen molar-refractivity contribution in [3.63, 3.8) is 0 Å². The molecule has 2 atom stereocenters. The van der Waals surface area contributed by atoms with Crippen LogP contribution in [0.4, 0.5) is 23.4 Å². The summed E-state index contributed by atoms with van der Waals surface area (Å²) >= 11 is 0. The lowest BCUT2D eigenvalue weighted by Crippen LogP contribution is -2.44. The zero-order valence-corrected chi connectivity index (χ0v) is 17.7. The second kappa shape index (κ2) is 10.1. The SMILES string of the molecule is C[C@@H]1COCCN1c1ncc(CC(=O)N[C@H](C)c2ccc(OCC(F)(F)F)cn2)cc1F. The Labute approximate surface area is 182 Å². The van der Waals surface area contributed by atoms with E-state index in [4.69, 9.17) is 4.74 Å². The first kappa shape index (κ1) is 23.7. The van der Waals surface area contributed by atoms with Crippen molar-refractivity contribution in [3.8, 4) is 5.75 Å². The van der Waals surface area contributed by atoms with Gasteiger partial charge in [-0.3, -0.25) is 9.78 Å². The molecular weight excluding hydrogens is 432 g/mol. The van der Waals surface area contributed by atoms with Crippen LogP contribution in [-0.2, 0) is 16.0 Å². The fourth-order valence-corrected chi connectivity index (χ4v) is 3.27. The highest BCUT2D eigenvalue weighted by Crippen LogP contribution is 2.22. The molecule has 1 saturated heterocycles. The number of alkyl halides is 3. The molecule has 1 fully saturated rings. The van der Waals surface area contributed by atoms with Gasteiger partial charge in [0.05, 0.1) is 43.6 Å². The molecule has 1 amide bonds. The second-order valence-corrected chi connectivity index (χ2v) is 7.55. The Morgan fingerprint density at radius 1 is 1.34 bits per heavy atom. The predicted octanol–water partition coefficient (Wildman–Crippen LogP) is 3.20. The molecule has 0 aliphatic carbocycles. The number of halogens is 4. The van der Waals surface area contributed by atoms with E-state index in [9.17, 15) is 22.4 Å². The fraction of sp³-hybridized carbons (Fsp3) is 0.476. The highest BCUT2D eigenvalue weighted by Gasteiger charge is 2.28. The van der Waals surface area contributed by atoms with E-state index >= 15 is 0 Å². The summed E-state index contributed by atoms with van der Waals surface area (Å²) in [5.41, 5.74) is 0.861. The van der Waals surface area contributed by atoms with Crippen LogP contribution >= 0.6 is 0 Å². The average Bonchev–Trinajstić information content (AvgIpc) is 2.73. The number of nitrogens with zero attached hydrogens (tertiary/aromatic N) is 3. The maximum Gasteiger partial charge on any atom is 0.422 e. The van der Waals surface area contributed by atoms with Crippen LogP contribution in [-0.4, -0.2) is 54.5 Å². The minimum absolute atomic E-state index is 0.00139. The average molecular weight is 456 g/mol. The summed E-state index contributed by atoms with van der Waals surface area (Å²) < 4.78 is 61.2. The summed E-state index contributed by atoms with van der Waals surface area (Å²) in [6.07, 6.45) is -1.89. The summed E-state index contributed by atoms with van der Waals surface area (Å²) in [5, 5.41) is 2.73. The van der Waals surface area contributed by atoms with E-state index in [1.807, 2.05) is 11.8 Å². The summed E-state index contributed by atoms with van der Waals surface area (Å²) in [6, 6.07) is 3.60. The number of hydrogen-bond acceptors (Lipinski definition) is 6. The molecule has 3 rings (SSSR count). The van der Waals surface area contributed by atoms with Gasteiger partial charge in [0, 0.05) is 12.7 Å². The zero-order valence-electron chi connectivity index (χ0n) is 17.7. The smallest absolute Gasteiger partial charge is 0.422 e. The molecule has 0 spiro atoms. The monoisotopic (exact) mass is 456 g/mol. The van der Waals surface area contributed by atoms with Crippen LogP contribution in [0, 0.1) is 5.82 Å². The Morgan fingerprint density at radius 3 is 2.75 bits per heavy atom. The predicted molar refractivity (Wildman–Crippen MR) is 108 cm³/mol. The lowest BCUT2D eigenvalue weighted by atomic mass is 10.1. The molecule has 2 aromatic heterocycles. The van der Waals surface area contributed by atoms with Crippen LogP contribution < -0.4 is 15.0 Å². The number of anilines is 1. The number of carbonyl (C=O) groups is 1. The zero-order chi connectivity index (χ0) is 23.3. The number of rotatable bonds is 7. The van der Waals surface area contributed by atoms with Gasteiger partial charge in [0.15, 0.2) is 18.2 Å². The van der Waals surface area contributed by atoms with Gasteiger partial charge in [-0.05, 0) is 37.6 Å². The lowest BCUT2D eigenvalue weighted by Gasteiger charge is -2.34. The van der Waals surface area contributed by atoms with E-state index in [2.05, 4.69) is 20.0 Å². The topological polar surface area (TPSA) is 76.6 Å². The van der Waals surface area contributed by atoms with E-state index < -0.39 is 24.6 Å². The number of pyridine rings is 2. The molecule has 7 nitrogen and oxygen atoms in total. The largest absolute Gasteiger partial charge is 0.483 e. The quantitative estimate of drug-likeness (QED) is 0.645. The first-order valence-electron chi connectivity index (χ1n) is 10.1. The third-order valence-corrected chi connectivity index (χ3v) is 4.87. The first-order valence-corrected chi connectivity index (χ1v) is 10.1. The third-order valence-electron chi connectivity index (χ3n) is 4.87. The van der Waals surface area contributed by atoms with Gasteiger partial charge >= 0.3 is 6.18 Å². The maximum atomic E-state index is 14.6. The number of ether oxygens (including phenoxy) is 2. The van der Waals surface area contributed by atoms with Crippen molar-refractivity contribution in [1.82, 2.24) is 15.3 Å². The second-order valence-electron chi connectivity index (χ2n) is 7.55. The molecule has 1 aliphatic heterocycles. The number of aromatic nitrogens is 2. The minimum atomic E-state index is -4.44. The summed E-state index contributed by atoms with van der Waals surface area (Å²) in [7, 11) is 0. The number of nitrogens with one attached hydrogen (secondary N) is 1. The van der Waals surface area contributed by atoms with Gasteiger partial charge in [-0.15, -0.1) is 0 Å². The minimum Gasteiger partial charge on any atom is -0.483 e. The standard InChI is InChI=1S/C21H24F4N4O3/c1-13-11-31-6-5-29(13)20-17(22)7-15(9-27-20)8-19(30)28-14(2)18-4-3-16(10-26-18)32-12-21(23,24)25/h3-4,7,9-10,13-14H,5-6,8,11-12H2,1-2H3,(H,28,30)/t13-,14-/m1/s1. The van der Waals surface area contributed by atoms with Crippen molar-refractivity contribution in [1.29, 1.82) is 0 Å². The Hall–Kier alpha value is -2.95. The fourth-order valence-electron chi connectivity index (χ4n) is 3.27. The molecule has 0 saturated carbocycles. The van der Waals surface area contributed by atoms with E-state index in [-0.39, 0.29) is 29.9 Å². The Morgan fingerprint density at radius 2 is 2.12 bits per heavy atom. The van der Waals surface area contributed by atoms with Crippen molar-refractivity contribution in [2.45, 2.75) is 38.5 Å². The van der Waals surface area contributed by atoms with Crippen LogP contribution in [0.3, 0.4) is 0 Å². The van der Waals surface area contributed by atoms with Gasteiger partial charge in [0.2, 0.25) is 5.91 Å². The normalized spacial score (nSPS) is 17.7. The summed E-state index contributed by atoms with van der Waals surface area (Å²) in [4.78, 5) is 22.4. The van der Waals surface area contributed by atoms with Gasteiger partial charge in [0.25, 0.3) is 0 Å². The molecule has 0 unspecified atom stereocenters. The Kier molecular flexibility index (Phi) is 7.49. The molecular formula is C21H24F4N4O3. The van der Waals surface area contributed by atoms with Gasteiger partial charge in [-0.1, -0.05) is 0 Å². The van der Waals surface area contributed by atoms with Gasteiger partial charge in [-0.2, -0.15) is 13.2 Å². The Balaban J connectivity index is 1.55. The first-order chi connectivity index (χ1) is 15.1. The van der Waals surface area contributed by atoms with Crippen molar-refractivity contribution in [2.24, 2.45) is 0 Å².